The Balaban J connectivity index is 1.85. The minimum atomic E-state index is 0.695. The number of ether oxygens (including phenoxy) is 2. The summed E-state index contributed by atoms with van der Waals surface area (Å²) in [5.74, 6) is 1.70. The van der Waals surface area contributed by atoms with Gasteiger partial charge < -0.3 is 14.8 Å². The molecule has 3 heteroatoms. The zero-order valence-electron chi connectivity index (χ0n) is 13.5. The van der Waals surface area contributed by atoms with Crippen molar-refractivity contribution in [1.82, 2.24) is 5.32 Å². The quantitative estimate of drug-likeness (QED) is 0.688. The summed E-state index contributed by atoms with van der Waals surface area (Å²) in [7, 11) is 1.71. The molecule has 0 atom stereocenters. The molecule has 0 aliphatic heterocycles. The Kier molecular flexibility index (Phi) is 6.87. The van der Waals surface area contributed by atoms with E-state index >= 15 is 0 Å². The van der Waals surface area contributed by atoms with Gasteiger partial charge in [0, 0.05) is 12.6 Å². The SMILES string of the molecule is CCCCCOc1ccc(CNC2CCCC2)cc1OC. The molecular formula is C18H29NO2. The number of hydrogen-bond acceptors (Lipinski definition) is 3. The van der Waals surface area contributed by atoms with Gasteiger partial charge in [-0.2, -0.15) is 0 Å². The minimum absolute atomic E-state index is 0.695. The fraction of sp³-hybridized carbons (Fsp3) is 0.667. The molecule has 1 aliphatic rings. The van der Waals surface area contributed by atoms with E-state index in [9.17, 15) is 0 Å². The standard InChI is InChI=1S/C18H29NO2/c1-3-4-7-12-21-17-11-10-15(13-18(17)20-2)14-19-16-8-5-6-9-16/h10-11,13,16,19H,3-9,12,14H2,1-2H3. The normalized spacial score (nSPS) is 15.3. The number of unbranched alkanes of at least 4 members (excludes halogenated alkanes) is 2. The zero-order chi connectivity index (χ0) is 14.9. The molecule has 3 nitrogen and oxygen atoms in total. The van der Waals surface area contributed by atoms with Crippen LogP contribution >= 0.6 is 0 Å². The Morgan fingerprint density at radius 2 is 1.95 bits per heavy atom. The lowest BCUT2D eigenvalue weighted by Crippen LogP contribution is -2.25. The smallest absolute Gasteiger partial charge is 0.161 e. The largest absolute Gasteiger partial charge is 0.493 e. The molecule has 0 unspecified atom stereocenters. The van der Waals surface area contributed by atoms with E-state index in [1.54, 1.807) is 7.11 Å². The zero-order valence-corrected chi connectivity index (χ0v) is 13.5. The van der Waals surface area contributed by atoms with Crippen LogP contribution in [0.3, 0.4) is 0 Å². The first-order valence-electron chi connectivity index (χ1n) is 8.36. The molecule has 118 valence electrons. The highest BCUT2D eigenvalue weighted by atomic mass is 16.5. The van der Waals surface area contributed by atoms with Crippen LogP contribution in [0.2, 0.25) is 0 Å². The Bertz CT molecular complexity index is 414. The van der Waals surface area contributed by atoms with Gasteiger partial charge in [0.15, 0.2) is 11.5 Å². The fourth-order valence-electron chi connectivity index (χ4n) is 2.87. The first kappa shape index (κ1) is 16.2. The lowest BCUT2D eigenvalue weighted by molar-refractivity contribution is 0.285. The third-order valence-corrected chi connectivity index (χ3v) is 4.18. The summed E-state index contributed by atoms with van der Waals surface area (Å²) in [6.45, 7) is 3.88. The topological polar surface area (TPSA) is 30.5 Å². The van der Waals surface area contributed by atoms with Crippen molar-refractivity contribution < 1.29 is 9.47 Å². The van der Waals surface area contributed by atoms with Crippen LogP contribution in [0.15, 0.2) is 18.2 Å². The van der Waals surface area contributed by atoms with Crippen LogP contribution < -0.4 is 14.8 Å². The predicted molar refractivity (Wildman–Crippen MR) is 87.1 cm³/mol. The maximum atomic E-state index is 5.82. The maximum absolute atomic E-state index is 5.82. The van der Waals surface area contributed by atoms with Gasteiger partial charge in [0.05, 0.1) is 13.7 Å². The lowest BCUT2D eigenvalue weighted by atomic mass is 10.1. The fourth-order valence-corrected chi connectivity index (χ4v) is 2.87. The molecule has 0 spiro atoms. The Hall–Kier alpha value is -1.22. The van der Waals surface area contributed by atoms with Crippen LogP contribution in [0.25, 0.3) is 0 Å². The highest BCUT2D eigenvalue weighted by molar-refractivity contribution is 5.42. The summed E-state index contributed by atoms with van der Waals surface area (Å²) < 4.78 is 11.3. The summed E-state index contributed by atoms with van der Waals surface area (Å²) >= 11 is 0. The van der Waals surface area contributed by atoms with Crippen molar-refractivity contribution in [2.75, 3.05) is 13.7 Å². The number of benzene rings is 1. The third-order valence-electron chi connectivity index (χ3n) is 4.18. The number of methoxy groups -OCH3 is 1. The molecule has 1 aromatic carbocycles. The molecule has 21 heavy (non-hydrogen) atoms. The van der Waals surface area contributed by atoms with Crippen molar-refractivity contribution in [2.45, 2.75) is 64.5 Å². The van der Waals surface area contributed by atoms with E-state index in [1.165, 1.54) is 44.1 Å². The van der Waals surface area contributed by atoms with Crippen molar-refractivity contribution >= 4 is 0 Å². The van der Waals surface area contributed by atoms with E-state index in [-0.39, 0.29) is 0 Å². The van der Waals surface area contributed by atoms with Gasteiger partial charge in [-0.3, -0.25) is 0 Å². The Morgan fingerprint density at radius 3 is 2.67 bits per heavy atom. The van der Waals surface area contributed by atoms with Gasteiger partial charge >= 0.3 is 0 Å². The van der Waals surface area contributed by atoms with Crippen LogP contribution in [0.5, 0.6) is 11.5 Å². The van der Waals surface area contributed by atoms with Crippen LogP contribution in [0.4, 0.5) is 0 Å². The molecule has 0 heterocycles. The summed E-state index contributed by atoms with van der Waals surface area (Å²) in [4.78, 5) is 0. The van der Waals surface area contributed by atoms with Crippen LogP contribution in [0.1, 0.15) is 57.4 Å². The number of rotatable bonds is 9. The second-order valence-corrected chi connectivity index (χ2v) is 5.90. The predicted octanol–water partition coefficient (Wildman–Crippen LogP) is 4.30. The highest BCUT2D eigenvalue weighted by Crippen LogP contribution is 2.28. The molecule has 1 N–H and O–H groups in total. The highest BCUT2D eigenvalue weighted by Gasteiger charge is 2.14. The second-order valence-electron chi connectivity index (χ2n) is 5.90. The molecule has 0 radical (unpaired) electrons. The summed E-state index contributed by atoms with van der Waals surface area (Å²) in [6, 6.07) is 6.97. The average Bonchev–Trinajstić information content (AvgIpc) is 3.03. The van der Waals surface area contributed by atoms with Crippen molar-refractivity contribution in [3.8, 4) is 11.5 Å². The molecule has 2 rings (SSSR count). The number of nitrogens with one attached hydrogen (secondary N) is 1. The van der Waals surface area contributed by atoms with Crippen LogP contribution in [0, 0.1) is 0 Å². The van der Waals surface area contributed by atoms with Gasteiger partial charge in [-0.05, 0) is 37.0 Å². The minimum Gasteiger partial charge on any atom is -0.493 e. The Morgan fingerprint density at radius 1 is 1.14 bits per heavy atom. The lowest BCUT2D eigenvalue weighted by Gasteiger charge is -2.14. The first-order chi connectivity index (χ1) is 10.3. The van der Waals surface area contributed by atoms with E-state index in [0.29, 0.717) is 6.04 Å². The van der Waals surface area contributed by atoms with Gasteiger partial charge in [-0.1, -0.05) is 38.7 Å². The second kappa shape index (κ2) is 8.93. The summed E-state index contributed by atoms with van der Waals surface area (Å²) in [6.07, 6.45) is 8.89. The van der Waals surface area contributed by atoms with Crippen LogP contribution in [-0.2, 0) is 6.54 Å². The monoisotopic (exact) mass is 291 g/mol. The van der Waals surface area contributed by atoms with Gasteiger partial charge in [-0.25, -0.2) is 0 Å². The molecule has 1 aromatic rings. The average molecular weight is 291 g/mol. The molecular weight excluding hydrogens is 262 g/mol. The van der Waals surface area contributed by atoms with E-state index in [4.69, 9.17) is 9.47 Å². The maximum Gasteiger partial charge on any atom is 0.161 e. The molecule has 1 fully saturated rings. The first-order valence-corrected chi connectivity index (χ1v) is 8.36. The molecule has 0 amide bonds. The van der Waals surface area contributed by atoms with Crippen molar-refractivity contribution in [2.24, 2.45) is 0 Å². The number of hydrogen-bond donors (Lipinski definition) is 1. The van der Waals surface area contributed by atoms with E-state index in [1.807, 2.05) is 6.07 Å². The van der Waals surface area contributed by atoms with Gasteiger partial charge in [-0.15, -0.1) is 0 Å². The van der Waals surface area contributed by atoms with Crippen molar-refractivity contribution in [3.05, 3.63) is 23.8 Å². The van der Waals surface area contributed by atoms with E-state index < -0.39 is 0 Å². The molecule has 0 bridgehead atoms. The Labute approximate surface area is 129 Å². The van der Waals surface area contributed by atoms with Gasteiger partial charge in [0.2, 0.25) is 0 Å². The molecule has 1 saturated carbocycles. The van der Waals surface area contributed by atoms with E-state index in [2.05, 4.69) is 24.4 Å². The molecule has 0 saturated heterocycles. The van der Waals surface area contributed by atoms with Crippen molar-refractivity contribution in [3.63, 3.8) is 0 Å². The summed E-state index contributed by atoms with van der Waals surface area (Å²) in [5.41, 5.74) is 1.26. The molecule has 1 aliphatic carbocycles. The van der Waals surface area contributed by atoms with Crippen molar-refractivity contribution in [1.29, 1.82) is 0 Å². The van der Waals surface area contributed by atoms with E-state index in [0.717, 1.165) is 31.1 Å². The third kappa shape index (κ3) is 5.24. The summed E-state index contributed by atoms with van der Waals surface area (Å²) in [5, 5.41) is 3.63. The molecule has 0 aromatic heterocycles. The van der Waals surface area contributed by atoms with Gasteiger partial charge in [0.1, 0.15) is 0 Å². The van der Waals surface area contributed by atoms with Gasteiger partial charge in [0.25, 0.3) is 0 Å². The van der Waals surface area contributed by atoms with Crippen LogP contribution in [-0.4, -0.2) is 19.8 Å².